The van der Waals surface area contributed by atoms with Gasteiger partial charge in [0.2, 0.25) is 0 Å². The fourth-order valence-electron chi connectivity index (χ4n) is 3.16. The van der Waals surface area contributed by atoms with Crippen molar-refractivity contribution in [2.24, 2.45) is 0 Å². The summed E-state index contributed by atoms with van der Waals surface area (Å²) in [6, 6.07) is 7.83. The van der Waals surface area contributed by atoms with Crippen LogP contribution in [0.5, 0.6) is 0 Å². The van der Waals surface area contributed by atoms with Crippen molar-refractivity contribution in [2.45, 2.75) is 19.4 Å². The van der Waals surface area contributed by atoms with Crippen molar-refractivity contribution < 1.29 is 9.59 Å². The molecule has 122 valence electrons. The van der Waals surface area contributed by atoms with Crippen LogP contribution in [0.2, 0.25) is 0 Å². The fraction of sp³-hybridized carbons (Fsp3) is 0.222. The quantitative estimate of drug-likeness (QED) is 0.718. The van der Waals surface area contributed by atoms with Crippen LogP contribution in [0.4, 0.5) is 0 Å². The van der Waals surface area contributed by atoms with Crippen molar-refractivity contribution in [3.8, 4) is 0 Å². The summed E-state index contributed by atoms with van der Waals surface area (Å²) < 4.78 is 0. The van der Waals surface area contributed by atoms with Gasteiger partial charge in [0.15, 0.2) is 5.78 Å². The summed E-state index contributed by atoms with van der Waals surface area (Å²) >= 11 is 3.43. The second-order valence-corrected chi connectivity index (χ2v) is 7.80. The van der Waals surface area contributed by atoms with Gasteiger partial charge in [0.25, 0.3) is 5.91 Å². The topological polar surface area (TPSA) is 53.2 Å². The SMILES string of the molecule is CC(=O)c1c[nH]c(C(=O)N2CCc3sccc3C2c2cccs2)c1. The highest BCUT2D eigenvalue weighted by Crippen LogP contribution is 2.40. The number of rotatable bonds is 3. The minimum Gasteiger partial charge on any atom is -0.356 e. The summed E-state index contributed by atoms with van der Waals surface area (Å²) in [6.45, 7) is 2.19. The Balaban J connectivity index is 1.73. The number of aromatic amines is 1. The molecule has 24 heavy (non-hydrogen) atoms. The van der Waals surface area contributed by atoms with Gasteiger partial charge in [-0.1, -0.05) is 6.07 Å². The van der Waals surface area contributed by atoms with Crippen LogP contribution in [0.3, 0.4) is 0 Å². The van der Waals surface area contributed by atoms with Crippen LogP contribution >= 0.6 is 22.7 Å². The van der Waals surface area contributed by atoms with Gasteiger partial charge >= 0.3 is 0 Å². The van der Waals surface area contributed by atoms with E-state index in [2.05, 4.69) is 22.5 Å². The Morgan fingerprint density at radius 1 is 1.25 bits per heavy atom. The molecular weight excluding hydrogens is 340 g/mol. The van der Waals surface area contributed by atoms with Gasteiger partial charge in [-0.05, 0) is 47.9 Å². The second-order valence-electron chi connectivity index (χ2n) is 5.82. The van der Waals surface area contributed by atoms with Crippen LogP contribution in [-0.2, 0) is 6.42 Å². The Morgan fingerprint density at radius 2 is 2.12 bits per heavy atom. The molecule has 4 nitrogen and oxygen atoms in total. The summed E-state index contributed by atoms with van der Waals surface area (Å²) in [5.41, 5.74) is 2.24. The monoisotopic (exact) mass is 356 g/mol. The molecule has 0 aliphatic carbocycles. The molecule has 1 atom stereocenters. The molecule has 1 aliphatic rings. The van der Waals surface area contributed by atoms with Crippen LogP contribution in [0.25, 0.3) is 0 Å². The first kappa shape index (κ1) is 15.4. The van der Waals surface area contributed by atoms with E-state index >= 15 is 0 Å². The molecule has 0 radical (unpaired) electrons. The van der Waals surface area contributed by atoms with E-state index in [1.807, 2.05) is 16.3 Å². The zero-order valence-corrected chi connectivity index (χ0v) is 14.7. The van der Waals surface area contributed by atoms with Crippen molar-refractivity contribution >= 4 is 34.4 Å². The smallest absolute Gasteiger partial charge is 0.271 e. The molecule has 3 aromatic rings. The van der Waals surface area contributed by atoms with E-state index in [1.54, 1.807) is 34.9 Å². The number of nitrogens with one attached hydrogen (secondary N) is 1. The Morgan fingerprint density at radius 3 is 2.83 bits per heavy atom. The second kappa shape index (κ2) is 6.03. The molecule has 1 N–H and O–H groups in total. The van der Waals surface area contributed by atoms with Gasteiger partial charge in [-0.2, -0.15) is 0 Å². The van der Waals surface area contributed by atoms with E-state index < -0.39 is 0 Å². The molecule has 1 amide bonds. The molecule has 0 saturated heterocycles. The van der Waals surface area contributed by atoms with E-state index in [0.29, 0.717) is 17.8 Å². The number of thiophene rings is 2. The van der Waals surface area contributed by atoms with Gasteiger partial charge in [0.1, 0.15) is 5.69 Å². The van der Waals surface area contributed by atoms with Crippen molar-refractivity contribution in [2.75, 3.05) is 6.54 Å². The summed E-state index contributed by atoms with van der Waals surface area (Å²) in [7, 11) is 0. The number of Topliss-reactive ketones (excluding diaryl/α,β-unsaturated/α-hetero) is 1. The number of H-pyrrole nitrogens is 1. The van der Waals surface area contributed by atoms with Gasteiger partial charge < -0.3 is 9.88 Å². The standard InChI is InChI=1S/C18H16N2O2S2/c1-11(21)12-9-14(19-10-12)18(22)20-6-4-15-13(5-8-24-15)17(20)16-3-2-7-23-16/h2-3,5,7-10,17,19H,4,6H2,1H3. The number of hydrogen-bond acceptors (Lipinski definition) is 4. The normalized spacial score (nSPS) is 16.9. The number of fused-ring (bicyclic) bond motifs is 1. The lowest BCUT2D eigenvalue weighted by molar-refractivity contribution is 0.0693. The first-order valence-corrected chi connectivity index (χ1v) is 9.51. The Hall–Kier alpha value is -2.18. The van der Waals surface area contributed by atoms with E-state index in [4.69, 9.17) is 0 Å². The highest BCUT2D eigenvalue weighted by molar-refractivity contribution is 7.10. The Labute approximate surface area is 147 Å². The lowest BCUT2D eigenvalue weighted by atomic mass is 9.98. The number of hydrogen-bond donors (Lipinski definition) is 1. The molecule has 0 bridgehead atoms. The molecule has 6 heteroatoms. The lowest BCUT2D eigenvalue weighted by Gasteiger charge is -2.35. The van der Waals surface area contributed by atoms with Crippen LogP contribution in [0, 0.1) is 0 Å². The molecule has 1 aliphatic heterocycles. The molecule has 0 aromatic carbocycles. The minimum atomic E-state index is -0.0576. The van der Waals surface area contributed by atoms with Crippen LogP contribution in [0.15, 0.2) is 41.2 Å². The van der Waals surface area contributed by atoms with Crippen LogP contribution in [-0.4, -0.2) is 28.1 Å². The van der Waals surface area contributed by atoms with Gasteiger partial charge in [-0.3, -0.25) is 9.59 Å². The number of ketones is 1. The highest BCUT2D eigenvalue weighted by Gasteiger charge is 2.34. The maximum Gasteiger partial charge on any atom is 0.271 e. The maximum atomic E-state index is 13.1. The van der Waals surface area contributed by atoms with E-state index in [1.165, 1.54) is 22.2 Å². The predicted molar refractivity (Wildman–Crippen MR) is 96.0 cm³/mol. The third-order valence-corrected chi connectivity index (χ3v) is 6.28. The molecule has 4 heterocycles. The summed E-state index contributed by atoms with van der Waals surface area (Å²) in [4.78, 5) is 32.0. The summed E-state index contributed by atoms with van der Waals surface area (Å²) in [5, 5.41) is 4.14. The Kier molecular flexibility index (Phi) is 3.86. The number of carbonyl (C=O) groups excluding carboxylic acids is 2. The van der Waals surface area contributed by atoms with Gasteiger partial charge in [0.05, 0.1) is 6.04 Å². The van der Waals surface area contributed by atoms with E-state index in [9.17, 15) is 9.59 Å². The molecule has 1 unspecified atom stereocenters. The minimum absolute atomic E-state index is 0.0427. The number of amides is 1. The predicted octanol–water partition coefficient (Wildman–Crippen LogP) is 4.13. The number of nitrogens with zero attached hydrogens (tertiary/aromatic N) is 1. The summed E-state index contributed by atoms with van der Waals surface area (Å²) in [6.07, 6.45) is 2.48. The molecule has 4 rings (SSSR count). The van der Waals surface area contributed by atoms with Crippen molar-refractivity contribution in [3.63, 3.8) is 0 Å². The Bertz CT molecular complexity index is 892. The summed E-state index contributed by atoms with van der Waals surface area (Å²) in [5.74, 6) is -0.100. The van der Waals surface area contributed by atoms with E-state index in [-0.39, 0.29) is 17.7 Å². The number of aromatic nitrogens is 1. The average Bonchev–Trinajstić information content (AvgIpc) is 3.33. The largest absolute Gasteiger partial charge is 0.356 e. The third kappa shape index (κ3) is 2.52. The van der Waals surface area contributed by atoms with Gasteiger partial charge in [-0.15, -0.1) is 22.7 Å². The lowest BCUT2D eigenvalue weighted by Crippen LogP contribution is -2.39. The van der Waals surface area contributed by atoms with Gasteiger partial charge in [0, 0.05) is 28.1 Å². The zero-order chi connectivity index (χ0) is 16.7. The van der Waals surface area contributed by atoms with Crippen molar-refractivity contribution in [1.29, 1.82) is 0 Å². The first-order chi connectivity index (χ1) is 11.6. The zero-order valence-electron chi connectivity index (χ0n) is 13.1. The molecule has 0 fully saturated rings. The molecule has 3 aromatic heterocycles. The highest BCUT2D eigenvalue weighted by atomic mass is 32.1. The first-order valence-electron chi connectivity index (χ1n) is 7.75. The molecular formula is C18H16N2O2S2. The van der Waals surface area contributed by atoms with Crippen LogP contribution < -0.4 is 0 Å². The number of carbonyl (C=O) groups is 2. The fourth-order valence-corrected chi connectivity index (χ4v) is 4.92. The third-order valence-electron chi connectivity index (χ3n) is 4.36. The van der Waals surface area contributed by atoms with Crippen molar-refractivity contribution in [1.82, 2.24) is 9.88 Å². The van der Waals surface area contributed by atoms with Crippen LogP contribution in [0.1, 0.15) is 49.1 Å². The maximum absolute atomic E-state index is 13.1. The molecule has 0 saturated carbocycles. The molecule has 0 spiro atoms. The van der Waals surface area contributed by atoms with E-state index in [0.717, 1.165) is 6.42 Å². The average molecular weight is 356 g/mol. The van der Waals surface area contributed by atoms with Crippen molar-refractivity contribution in [3.05, 3.63) is 67.8 Å². The van der Waals surface area contributed by atoms with Gasteiger partial charge in [-0.25, -0.2) is 0 Å².